The molecule has 0 saturated carbocycles. The normalized spacial score (nSPS) is 22.4. The number of anilines is 2. The summed E-state index contributed by atoms with van der Waals surface area (Å²) in [4.78, 5) is 20.5. The molecule has 3 aliphatic heterocycles. The van der Waals surface area contributed by atoms with E-state index in [-0.39, 0.29) is 12.0 Å². The summed E-state index contributed by atoms with van der Waals surface area (Å²) >= 11 is 0. The number of aromatic nitrogens is 3. The van der Waals surface area contributed by atoms with Gasteiger partial charge in [0.25, 0.3) is 0 Å². The van der Waals surface area contributed by atoms with Crippen molar-refractivity contribution in [2.45, 2.75) is 44.5 Å². The van der Waals surface area contributed by atoms with E-state index in [4.69, 9.17) is 0 Å². The van der Waals surface area contributed by atoms with Gasteiger partial charge in [-0.3, -0.25) is 9.69 Å². The molecule has 5 heterocycles. The molecule has 9 nitrogen and oxygen atoms in total. The largest absolute Gasteiger partial charge is 0.389 e. The highest BCUT2D eigenvalue weighted by Crippen LogP contribution is 2.39. The van der Waals surface area contributed by atoms with Gasteiger partial charge in [0, 0.05) is 56.6 Å². The first-order chi connectivity index (χ1) is 19.7. The number of amides is 1. The number of halogens is 3. The minimum atomic E-state index is -4.34. The predicted molar refractivity (Wildman–Crippen MR) is 148 cm³/mol. The van der Waals surface area contributed by atoms with Crippen LogP contribution in [0.2, 0.25) is 0 Å². The Hall–Kier alpha value is -3.48. The number of aliphatic hydroxyl groups excluding tert-OH is 1. The second kappa shape index (κ2) is 11.1. The maximum absolute atomic E-state index is 12.5. The van der Waals surface area contributed by atoms with Crippen LogP contribution >= 0.6 is 0 Å². The van der Waals surface area contributed by atoms with Crippen LogP contribution in [0.15, 0.2) is 48.7 Å². The number of carbonyl (C=O) groups excluding carboxylic acids is 1. The molecule has 2 fully saturated rings. The van der Waals surface area contributed by atoms with Gasteiger partial charge in [-0.1, -0.05) is 18.2 Å². The Balaban J connectivity index is 1.10. The molecule has 0 aliphatic carbocycles. The minimum absolute atomic E-state index is 0.264. The number of carbonyl (C=O) groups is 1. The number of hydrogen-bond acceptors (Lipinski definition) is 7. The van der Waals surface area contributed by atoms with Crippen LogP contribution in [0, 0.1) is 5.41 Å². The van der Waals surface area contributed by atoms with E-state index in [9.17, 15) is 23.1 Å². The smallest absolute Gasteiger partial charge is 0.374 e. The molecular weight excluding hydrogens is 535 g/mol. The SMILES string of the molecule is O=C(CCC(F)(F)F)N1CC=C(c2cccn3nc(Nc4ccc(C(O)N5CCC6(CCNC6)C5)cc4)nc23)CC1. The Bertz CT molecular complexity index is 1430. The summed E-state index contributed by atoms with van der Waals surface area (Å²) in [6.45, 7) is 4.48. The van der Waals surface area contributed by atoms with Crippen molar-refractivity contribution in [2.75, 3.05) is 44.6 Å². The molecule has 3 aliphatic rings. The molecular formula is C29H34F3N7O2. The molecule has 218 valence electrons. The van der Waals surface area contributed by atoms with E-state index in [1.807, 2.05) is 42.5 Å². The number of benzene rings is 1. The molecule has 2 unspecified atom stereocenters. The molecule has 3 aromatic rings. The van der Waals surface area contributed by atoms with Crippen molar-refractivity contribution in [1.82, 2.24) is 29.7 Å². The highest BCUT2D eigenvalue weighted by molar-refractivity contribution is 5.81. The van der Waals surface area contributed by atoms with Gasteiger partial charge in [0.15, 0.2) is 5.65 Å². The molecule has 0 bridgehead atoms. The van der Waals surface area contributed by atoms with Gasteiger partial charge in [-0.15, -0.1) is 5.10 Å². The first-order valence-corrected chi connectivity index (χ1v) is 14.1. The Kier molecular flexibility index (Phi) is 7.47. The van der Waals surface area contributed by atoms with E-state index < -0.39 is 31.2 Å². The molecule has 0 radical (unpaired) electrons. The lowest BCUT2D eigenvalue weighted by Crippen LogP contribution is -2.35. The highest BCUT2D eigenvalue weighted by atomic mass is 19.4. The first-order valence-electron chi connectivity index (χ1n) is 14.1. The highest BCUT2D eigenvalue weighted by Gasteiger charge is 2.42. The van der Waals surface area contributed by atoms with Crippen LogP contribution in [0.5, 0.6) is 0 Å². The quantitative estimate of drug-likeness (QED) is 0.394. The molecule has 12 heteroatoms. The maximum Gasteiger partial charge on any atom is 0.389 e. The van der Waals surface area contributed by atoms with Gasteiger partial charge in [-0.05, 0) is 66.6 Å². The molecule has 6 rings (SSSR count). The first kappa shape index (κ1) is 27.7. The van der Waals surface area contributed by atoms with Crippen LogP contribution < -0.4 is 10.6 Å². The molecule has 1 spiro atoms. The molecule has 3 N–H and O–H groups in total. The van der Waals surface area contributed by atoms with Crippen molar-refractivity contribution in [1.29, 1.82) is 0 Å². The summed E-state index contributed by atoms with van der Waals surface area (Å²) in [6.07, 6.45) is -0.148. The molecule has 2 aromatic heterocycles. The number of alkyl halides is 3. The third-order valence-electron chi connectivity index (χ3n) is 8.50. The average Bonchev–Trinajstić information content (AvgIpc) is 3.71. The van der Waals surface area contributed by atoms with Crippen molar-refractivity contribution in [2.24, 2.45) is 5.41 Å². The third kappa shape index (κ3) is 6.09. The van der Waals surface area contributed by atoms with Gasteiger partial charge in [0.2, 0.25) is 11.9 Å². The summed E-state index contributed by atoms with van der Waals surface area (Å²) in [5.41, 5.74) is 4.42. The Morgan fingerprint density at radius 1 is 1.17 bits per heavy atom. The number of likely N-dealkylation sites (tertiary alicyclic amines) is 1. The van der Waals surface area contributed by atoms with Crippen molar-refractivity contribution < 1.29 is 23.1 Å². The van der Waals surface area contributed by atoms with E-state index in [2.05, 4.69) is 25.6 Å². The van der Waals surface area contributed by atoms with Gasteiger partial charge >= 0.3 is 6.18 Å². The Morgan fingerprint density at radius 3 is 2.71 bits per heavy atom. The Morgan fingerprint density at radius 2 is 2.00 bits per heavy atom. The predicted octanol–water partition coefficient (Wildman–Crippen LogP) is 4.11. The topological polar surface area (TPSA) is 98.0 Å². The summed E-state index contributed by atoms with van der Waals surface area (Å²) in [7, 11) is 0. The van der Waals surface area contributed by atoms with Crippen LogP contribution in [0.1, 0.15) is 49.5 Å². The number of pyridine rings is 1. The maximum atomic E-state index is 12.5. The lowest BCUT2D eigenvalue weighted by atomic mass is 9.86. The summed E-state index contributed by atoms with van der Waals surface area (Å²) in [5, 5.41) is 22.2. The zero-order valence-electron chi connectivity index (χ0n) is 22.7. The van der Waals surface area contributed by atoms with E-state index in [0.717, 1.165) is 61.4 Å². The van der Waals surface area contributed by atoms with Crippen molar-refractivity contribution in [3.05, 3.63) is 59.8 Å². The van der Waals surface area contributed by atoms with Crippen LogP contribution in [-0.2, 0) is 4.79 Å². The number of nitrogens with zero attached hydrogens (tertiary/aromatic N) is 5. The molecule has 2 atom stereocenters. The number of nitrogens with one attached hydrogen (secondary N) is 2. The van der Waals surface area contributed by atoms with Gasteiger partial charge in [0.1, 0.15) is 6.23 Å². The zero-order chi connectivity index (χ0) is 28.6. The van der Waals surface area contributed by atoms with E-state index in [0.29, 0.717) is 24.6 Å². The summed E-state index contributed by atoms with van der Waals surface area (Å²) in [6, 6.07) is 11.4. The summed E-state index contributed by atoms with van der Waals surface area (Å²) in [5.74, 6) is -0.0693. The third-order valence-corrected chi connectivity index (χ3v) is 8.50. The fourth-order valence-corrected chi connectivity index (χ4v) is 6.16. The van der Waals surface area contributed by atoms with E-state index in [1.54, 1.807) is 10.7 Å². The fraction of sp³-hybridized carbons (Fsp3) is 0.483. The Labute approximate surface area is 236 Å². The van der Waals surface area contributed by atoms with E-state index >= 15 is 0 Å². The lowest BCUT2D eigenvalue weighted by molar-refractivity contribution is -0.148. The van der Waals surface area contributed by atoms with Crippen LogP contribution in [0.3, 0.4) is 0 Å². The molecule has 2 saturated heterocycles. The fourth-order valence-electron chi connectivity index (χ4n) is 6.16. The number of aliphatic hydroxyl groups is 1. The second-order valence-electron chi connectivity index (χ2n) is 11.3. The summed E-state index contributed by atoms with van der Waals surface area (Å²) < 4.78 is 39.2. The number of fused-ring (bicyclic) bond motifs is 1. The van der Waals surface area contributed by atoms with E-state index in [1.165, 1.54) is 4.90 Å². The molecule has 41 heavy (non-hydrogen) atoms. The second-order valence-corrected chi connectivity index (χ2v) is 11.3. The monoisotopic (exact) mass is 569 g/mol. The van der Waals surface area contributed by atoms with Gasteiger partial charge in [-0.25, -0.2) is 4.52 Å². The number of hydrogen-bond donors (Lipinski definition) is 3. The lowest BCUT2D eigenvalue weighted by Gasteiger charge is -2.27. The van der Waals surface area contributed by atoms with Crippen LogP contribution in [0.25, 0.3) is 11.2 Å². The van der Waals surface area contributed by atoms with Gasteiger partial charge in [-0.2, -0.15) is 18.2 Å². The average molecular weight is 570 g/mol. The molecule has 1 aromatic carbocycles. The van der Waals surface area contributed by atoms with Crippen molar-refractivity contribution in [3.8, 4) is 0 Å². The van der Waals surface area contributed by atoms with Gasteiger partial charge in [0.05, 0.1) is 6.42 Å². The zero-order valence-corrected chi connectivity index (χ0v) is 22.7. The van der Waals surface area contributed by atoms with Gasteiger partial charge < -0.3 is 20.6 Å². The van der Waals surface area contributed by atoms with Crippen molar-refractivity contribution >= 4 is 28.8 Å². The minimum Gasteiger partial charge on any atom is -0.374 e. The number of rotatable bonds is 7. The standard InChI is InChI=1S/C29H34F3N7O2/c30-29(31,32)10-7-24(40)37-15-8-20(9-16-37)23-2-1-14-39-25(23)35-27(36-39)34-22-5-3-21(4-6-22)26(41)38-17-12-28(19-38)11-13-33-18-28/h1-6,8,14,26,33,41H,7,9-13,15-19H2,(H,34,36). The van der Waals surface area contributed by atoms with Crippen LogP contribution in [0.4, 0.5) is 24.8 Å². The molecule has 1 amide bonds. The van der Waals surface area contributed by atoms with Crippen molar-refractivity contribution in [3.63, 3.8) is 0 Å². The van der Waals surface area contributed by atoms with Crippen LogP contribution in [-0.4, -0.2) is 80.9 Å².